The Morgan fingerprint density at radius 1 is 1.06 bits per heavy atom. The summed E-state index contributed by atoms with van der Waals surface area (Å²) in [6.45, 7) is 2.85. The van der Waals surface area contributed by atoms with Crippen LogP contribution in [0, 0.1) is 18.7 Å². The number of sulfonamides is 1. The first-order valence-corrected chi connectivity index (χ1v) is 13.2. The molecule has 0 bridgehead atoms. The van der Waals surface area contributed by atoms with Crippen molar-refractivity contribution in [3.8, 4) is 5.75 Å². The number of ether oxygens (including phenoxy) is 1. The topological polar surface area (TPSA) is 93.0 Å². The Kier molecular flexibility index (Phi) is 6.63. The molecule has 1 aromatic heterocycles. The number of piperidine rings is 1. The smallest absolute Gasteiger partial charge is 0.248 e. The number of aryl methyl sites for hydroxylation is 1. The van der Waals surface area contributed by atoms with E-state index in [2.05, 4.69) is 5.16 Å². The highest BCUT2D eigenvalue weighted by atomic mass is 32.2. The SMILES string of the molecule is Cc1noc(C=Cc2ccccc2F)c1S(=O)(=O)N1CCC(C(=O)N2CCOc3ccccc32)CC1. The highest BCUT2D eigenvalue weighted by Crippen LogP contribution is 2.34. The van der Waals surface area contributed by atoms with Gasteiger partial charge >= 0.3 is 0 Å². The molecule has 188 valence electrons. The molecule has 36 heavy (non-hydrogen) atoms. The van der Waals surface area contributed by atoms with Gasteiger partial charge < -0.3 is 14.2 Å². The summed E-state index contributed by atoms with van der Waals surface area (Å²) >= 11 is 0. The lowest BCUT2D eigenvalue weighted by molar-refractivity contribution is -0.123. The van der Waals surface area contributed by atoms with Gasteiger partial charge in [-0.25, -0.2) is 12.8 Å². The predicted octanol–water partition coefficient (Wildman–Crippen LogP) is 4.12. The van der Waals surface area contributed by atoms with E-state index in [0.717, 1.165) is 5.69 Å². The minimum absolute atomic E-state index is 0.0162. The molecule has 5 rings (SSSR count). The molecule has 2 aliphatic heterocycles. The molecule has 2 aromatic carbocycles. The van der Waals surface area contributed by atoms with Crippen molar-refractivity contribution in [2.24, 2.45) is 5.92 Å². The summed E-state index contributed by atoms with van der Waals surface area (Å²) in [6.07, 6.45) is 3.68. The lowest BCUT2D eigenvalue weighted by Gasteiger charge is -2.35. The molecule has 0 radical (unpaired) electrons. The van der Waals surface area contributed by atoms with Gasteiger partial charge in [0.25, 0.3) is 0 Å². The monoisotopic (exact) mass is 511 g/mol. The Morgan fingerprint density at radius 3 is 2.56 bits per heavy atom. The third kappa shape index (κ3) is 4.54. The number of fused-ring (bicyclic) bond motifs is 1. The average Bonchev–Trinajstić information content (AvgIpc) is 3.28. The fraction of sp³-hybridized carbons (Fsp3) is 0.308. The maximum atomic E-state index is 14.0. The van der Waals surface area contributed by atoms with Gasteiger partial charge in [0, 0.05) is 24.6 Å². The van der Waals surface area contributed by atoms with Crippen molar-refractivity contribution in [1.29, 1.82) is 0 Å². The first-order valence-electron chi connectivity index (χ1n) is 11.8. The first kappa shape index (κ1) is 24.2. The molecular weight excluding hydrogens is 485 g/mol. The molecule has 0 unspecified atom stereocenters. The van der Waals surface area contributed by atoms with Crippen molar-refractivity contribution in [3.63, 3.8) is 0 Å². The van der Waals surface area contributed by atoms with Crippen molar-refractivity contribution in [2.75, 3.05) is 31.1 Å². The Balaban J connectivity index is 1.31. The van der Waals surface area contributed by atoms with Crippen LogP contribution in [0.25, 0.3) is 12.2 Å². The van der Waals surface area contributed by atoms with E-state index in [1.165, 1.54) is 22.5 Å². The number of rotatable bonds is 5. The lowest BCUT2D eigenvalue weighted by Crippen LogP contribution is -2.46. The van der Waals surface area contributed by atoms with Gasteiger partial charge in [-0.1, -0.05) is 35.5 Å². The van der Waals surface area contributed by atoms with E-state index >= 15 is 0 Å². The number of hydrogen-bond donors (Lipinski definition) is 0. The Morgan fingerprint density at radius 2 is 1.78 bits per heavy atom. The molecule has 0 aliphatic carbocycles. The molecule has 0 N–H and O–H groups in total. The van der Waals surface area contributed by atoms with Crippen LogP contribution < -0.4 is 9.64 Å². The van der Waals surface area contributed by atoms with Gasteiger partial charge in [-0.15, -0.1) is 0 Å². The number of anilines is 1. The van der Waals surface area contributed by atoms with Crippen LogP contribution in [0.3, 0.4) is 0 Å². The lowest BCUT2D eigenvalue weighted by atomic mass is 9.96. The van der Waals surface area contributed by atoms with Crippen molar-refractivity contribution < 1.29 is 26.9 Å². The van der Waals surface area contributed by atoms with Crippen LogP contribution in [0.2, 0.25) is 0 Å². The van der Waals surface area contributed by atoms with Crippen LogP contribution >= 0.6 is 0 Å². The second-order valence-electron chi connectivity index (χ2n) is 8.80. The second-order valence-corrected chi connectivity index (χ2v) is 10.7. The van der Waals surface area contributed by atoms with Crippen LogP contribution in [-0.2, 0) is 14.8 Å². The molecule has 3 aromatic rings. The fourth-order valence-corrected chi connectivity index (χ4v) is 6.39. The van der Waals surface area contributed by atoms with Crippen LogP contribution in [0.5, 0.6) is 5.75 Å². The molecule has 8 nitrogen and oxygen atoms in total. The van der Waals surface area contributed by atoms with Crippen molar-refractivity contribution in [1.82, 2.24) is 9.46 Å². The van der Waals surface area contributed by atoms with Gasteiger partial charge in [0.05, 0.1) is 12.2 Å². The third-order valence-corrected chi connectivity index (χ3v) is 8.61. The summed E-state index contributed by atoms with van der Waals surface area (Å²) in [5.74, 6) is -0.0111. The summed E-state index contributed by atoms with van der Waals surface area (Å²) < 4.78 is 53.3. The maximum Gasteiger partial charge on any atom is 0.248 e. The van der Waals surface area contributed by atoms with E-state index in [1.807, 2.05) is 24.3 Å². The zero-order chi connectivity index (χ0) is 25.3. The molecule has 0 saturated carbocycles. The fourth-order valence-electron chi connectivity index (χ4n) is 4.67. The first-order chi connectivity index (χ1) is 17.4. The van der Waals surface area contributed by atoms with Gasteiger partial charge in [-0.2, -0.15) is 4.31 Å². The van der Waals surface area contributed by atoms with E-state index in [0.29, 0.717) is 37.3 Å². The number of carbonyl (C=O) groups excluding carboxylic acids is 1. The number of amides is 1. The summed E-state index contributed by atoms with van der Waals surface area (Å²) in [5.41, 5.74) is 1.28. The number of nitrogens with zero attached hydrogens (tertiary/aromatic N) is 3. The van der Waals surface area contributed by atoms with Gasteiger partial charge in [0.1, 0.15) is 23.9 Å². The van der Waals surface area contributed by atoms with Gasteiger partial charge in [-0.3, -0.25) is 4.79 Å². The summed E-state index contributed by atoms with van der Waals surface area (Å²) in [5, 5.41) is 3.84. The third-order valence-electron chi connectivity index (χ3n) is 6.55. The van der Waals surface area contributed by atoms with Crippen molar-refractivity contribution >= 4 is 33.8 Å². The number of para-hydroxylation sites is 2. The number of halogens is 1. The number of carbonyl (C=O) groups is 1. The standard InChI is InChI=1S/C26H26FN3O5S/c1-18-25(24(35-28-18)11-10-19-6-2-3-7-21(19)27)36(32,33)29-14-12-20(13-15-29)26(31)30-16-17-34-23-9-5-4-8-22(23)30/h2-11,20H,12-17H2,1H3. The van der Waals surface area contributed by atoms with Crippen LogP contribution in [0.15, 0.2) is 57.9 Å². The zero-order valence-electron chi connectivity index (χ0n) is 19.8. The molecule has 0 atom stereocenters. The highest BCUT2D eigenvalue weighted by Gasteiger charge is 2.38. The number of hydrogen-bond acceptors (Lipinski definition) is 6. The number of benzene rings is 2. The second kappa shape index (κ2) is 9.87. The summed E-state index contributed by atoms with van der Waals surface area (Å²) in [7, 11) is -3.93. The van der Waals surface area contributed by atoms with E-state index in [1.54, 1.807) is 30.0 Å². The average molecular weight is 512 g/mol. The normalized spacial score (nSPS) is 17.2. The quantitative estimate of drug-likeness (QED) is 0.512. The Labute approximate surface area is 209 Å². The Hall–Kier alpha value is -3.50. The van der Waals surface area contributed by atoms with E-state index in [-0.39, 0.29) is 41.3 Å². The molecule has 3 heterocycles. The molecule has 1 amide bonds. The van der Waals surface area contributed by atoms with Gasteiger partial charge in [-0.05, 0) is 50.1 Å². The molecule has 10 heteroatoms. The number of aromatic nitrogens is 1. The Bertz CT molecular complexity index is 1410. The van der Waals surface area contributed by atoms with E-state index in [4.69, 9.17) is 9.26 Å². The van der Waals surface area contributed by atoms with Crippen LogP contribution in [-0.4, -0.2) is 50.0 Å². The van der Waals surface area contributed by atoms with Gasteiger partial charge in [0.15, 0.2) is 10.7 Å². The van der Waals surface area contributed by atoms with E-state index < -0.39 is 15.8 Å². The largest absolute Gasteiger partial charge is 0.490 e. The molecule has 2 aliphatic rings. The van der Waals surface area contributed by atoms with Crippen molar-refractivity contribution in [2.45, 2.75) is 24.7 Å². The highest BCUT2D eigenvalue weighted by molar-refractivity contribution is 7.89. The molecule has 1 fully saturated rings. The molecule has 1 saturated heterocycles. The maximum absolute atomic E-state index is 14.0. The van der Waals surface area contributed by atoms with Crippen LogP contribution in [0.1, 0.15) is 29.9 Å². The molecule has 0 spiro atoms. The predicted molar refractivity (Wildman–Crippen MR) is 132 cm³/mol. The van der Waals surface area contributed by atoms with E-state index in [9.17, 15) is 17.6 Å². The minimum atomic E-state index is -3.93. The zero-order valence-corrected chi connectivity index (χ0v) is 20.6. The van der Waals surface area contributed by atoms with Gasteiger partial charge in [0.2, 0.25) is 15.9 Å². The summed E-state index contributed by atoms with van der Waals surface area (Å²) in [6, 6.07) is 13.6. The van der Waals surface area contributed by atoms with Crippen molar-refractivity contribution in [3.05, 3.63) is 71.4 Å². The minimum Gasteiger partial charge on any atom is -0.490 e. The summed E-state index contributed by atoms with van der Waals surface area (Å²) in [4.78, 5) is 15.0. The van der Waals surface area contributed by atoms with Crippen LogP contribution in [0.4, 0.5) is 10.1 Å². The molecular formula is C26H26FN3O5S.